The lowest BCUT2D eigenvalue weighted by Crippen LogP contribution is -2.22. The molecule has 1 aromatic heterocycles. The summed E-state index contributed by atoms with van der Waals surface area (Å²) in [5, 5.41) is 3.45. The first-order valence-electron chi connectivity index (χ1n) is 5.97. The third-order valence-electron chi connectivity index (χ3n) is 2.57. The number of nitrogens with one attached hydrogen (secondary N) is 1. The van der Waals surface area contributed by atoms with Gasteiger partial charge in [0.15, 0.2) is 0 Å². The zero-order chi connectivity index (χ0) is 12.0. The second-order valence-electron chi connectivity index (χ2n) is 4.72. The van der Waals surface area contributed by atoms with E-state index in [9.17, 15) is 0 Å². The van der Waals surface area contributed by atoms with Crippen molar-refractivity contribution in [2.45, 2.75) is 32.9 Å². The Morgan fingerprint density at radius 1 is 1.44 bits per heavy atom. The lowest BCUT2D eigenvalue weighted by molar-refractivity contribution is 0.393. The zero-order valence-electron chi connectivity index (χ0n) is 10.9. The van der Waals surface area contributed by atoms with E-state index in [0.29, 0.717) is 6.04 Å². The molecule has 0 unspecified atom stereocenters. The standard InChI is InChI=1S/C12H24N4/c1-11(2)16-10-14-9-12(16)8-13-6-5-7-15(3)4/h9-11,13H,5-8H2,1-4H3. The highest BCUT2D eigenvalue weighted by Crippen LogP contribution is 2.08. The van der Waals surface area contributed by atoms with Crippen molar-refractivity contribution in [1.82, 2.24) is 19.8 Å². The van der Waals surface area contributed by atoms with Gasteiger partial charge in [0.1, 0.15) is 0 Å². The van der Waals surface area contributed by atoms with E-state index in [-0.39, 0.29) is 0 Å². The normalized spacial score (nSPS) is 11.6. The molecule has 0 aliphatic carbocycles. The molecule has 0 radical (unpaired) electrons. The minimum Gasteiger partial charge on any atom is -0.331 e. The summed E-state index contributed by atoms with van der Waals surface area (Å²) in [6.45, 7) is 7.46. The van der Waals surface area contributed by atoms with Crippen LogP contribution in [0, 0.1) is 0 Å². The highest BCUT2D eigenvalue weighted by atomic mass is 15.1. The first-order valence-corrected chi connectivity index (χ1v) is 5.97. The van der Waals surface area contributed by atoms with Crippen LogP contribution in [-0.2, 0) is 6.54 Å². The third kappa shape index (κ3) is 4.33. The molecule has 0 amide bonds. The number of nitrogens with zero attached hydrogens (tertiary/aromatic N) is 3. The SMILES string of the molecule is CC(C)n1cncc1CNCCCN(C)C. The molecule has 0 spiro atoms. The van der Waals surface area contributed by atoms with E-state index >= 15 is 0 Å². The highest BCUT2D eigenvalue weighted by molar-refractivity contribution is 4.99. The molecule has 0 saturated carbocycles. The van der Waals surface area contributed by atoms with E-state index in [0.717, 1.165) is 19.6 Å². The molecule has 0 aliphatic heterocycles. The van der Waals surface area contributed by atoms with Crippen LogP contribution in [0.3, 0.4) is 0 Å². The third-order valence-corrected chi connectivity index (χ3v) is 2.57. The van der Waals surface area contributed by atoms with Crippen LogP contribution in [0.5, 0.6) is 0 Å². The number of imidazole rings is 1. The Hall–Kier alpha value is -0.870. The van der Waals surface area contributed by atoms with Crippen molar-refractivity contribution in [3.8, 4) is 0 Å². The first kappa shape index (κ1) is 13.2. The summed E-state index contributed by atoms with van der Waals surface area (Å²) in [6.07, 6.45) is 5.03. The Morgan fingerprint density at radius 3 is 2.81 bits per heavy atom. The van der Waals surface area contributed by atoms with Crippen LogP contribution in [0.4, 0.5) is 0 Å². The molecule has 0 fully saturated rings. The lowest BCUT2D eigenvalue weighted by Gasteiger charge is -2.13. The highest BCUT2D eigenvalue weighted by Gasteiger charge is 2.04. The van der Waals surface area contributed by atoms with Gasteiger partial charge in [-0.2, -0.15) is 0 Å². The fraction of sp³-hybridized carbons (Fsp3) is 0.750. The minimum atomic E-state index is 0.487. The van der Waals surface area contributed by atoms with Gasteiger partial charge in [0.05, 0.1) is 12.0 Å². The molecule has 0 aliphatic rings. The Balaban J connectivity index is 2.24. The summed E-state index contributed by atoms with van der Waals surface area (Å²) in [7, 11) is 4.21. The molecule has 1 rings (SSSR count). The largest absolute Gasteiger partial charge is 0.331 e. The van der Waals surface area contributed by atoms with Crippen molar-refractivity contribution in [2.75, 3.05) is 27.2 Å². The van der Waals surface area contributed by atoms with Crippen LogP contribution < -0.4 is 5.32 Å². The summed E-state index contributed by atoms with van der Waals surface area (Å²) >= 11 is 0. The van der Waals surface area contributed by atoms with E-state index < -0.39 is 0 Å². The van der Waals surface area contributed by atoms with Crippen molar-refractivity contribution >= 4 is 0 Å². The van der Waals surface area contributed by atoms with Crippen molar-refractivity contribution in [2.24, 2.45) is 0 Å². The van der Waals surface area contributed by atoms with Crippen molar-refractivity contribution in [3.05, 3.63) is 18.2 Å². The van der Waals surface area contributed by atoms with Gasteiger partial charge in [-0.05, 0) is 47.5 Å². The van der Waals surface area contributed by atoms with Gasteiger partial charge in [0, 0.05) is 18.8 Å². The predicted octanol–water partition coefficient (Wildman–Crippen LogP) is 1.51. The van der Waals surface area contributed by atoms with Gasteiger partial charge in [-0.3, -0.25) is 0 Å². The van der Waals surface area contributed by atoms with E-state index in [4.69, 9.17) is 0 Å². The minimum absolute atomic E-state index is 0.487. The lowest BCUT2D eigenvalue weighted by atomic mass is 10.3. The molecule has 0 saturated heterocycles. The molecule has 4 nitrogen and oxygen atoms in total. The van der Waals surface area contributed by atoms with Gasteiger partial charge in [-0.15, -0.1) is 0 Å². The van der Waals surface area contributed by atoms with Crippen LogP contribution in [0.1, 0.15) is 32.0 Å². The van der Waals surface area contributed by atoms with E-state index in [1.54, 1.807) is 0 Å². The summed E-state index contributed by atoms with van der Waals surface area (Å²) in [5.74, 6) is 0. The van der Waals surface area contributed by atoms with Crippen molar-refractivity contribution in [1.29, 1.82) is 0 Å². The Kier molecular flexibility index (Phi) is 5.49. The van der Waals surface area contributed by atoms with Gasteiger partial charge >= 0.3 is 0 Å². The molecule has 92 valence electrons. The van der Waals surface area contributed by atoms with E-state index in [1.807, 2.05) is 12.5 Å². The zero-order valence-corrected chi connectivity index (χ0v) is 10.9. The fourth-order valence-corrected chi connectivity index (χ4v) is 1.67. The molecule has 16 heavy (non-hydrogen) atoms. The summed E-state index contributed by atoms with van der Waals surface area (Å²) in [6, 6.07) is 0.487. The van der Waals surface area contributed by atoms with Crippen LogP contribution in [-0.4, -0.2) is 41.6 Å². The monoisotopic (exact) mass is 224 g/mol. The number of aromatic nitrogens is 2. The van der Waals surface area contributed by atoms with Gasteiger partial charge in [-0.1, -0.05) is 0 Å². The van der Waals surface area contributed by atoms with Gasteiger partial charge in [0.2, 0.25) is 0 Å². The molecule has 0 aromatic carbocycles. The molecular weight excluding hydrogens is 200 g/mol. The van der Waals surface area contributed by atoms with Crippen molar-refractivity contribution in [3.63, 3.8) is 0 Å². The maximum Gasteiger partial charge on any atom is 0.0951 e. The summed E-state index contributed by atoms with van der Waals surface area (Å²) < 4.78 is 2.21. The second-order valence-corrected chi connectivity index (χ2v) is 4.72. The molecule has 0 atom stereocenters. The Labute approximate surface area is 98.7 Å². The Bertz CT molecular complexity index is 291. The molecule has 1 heterocycles. The predicted molar refractivity (Wildman–Crippen MR) is 67.5 cm³/mol. The van der Waals surface area contributed by atoms with Crippen molar-refractivity contribution < 1.29 is 0 Å². The number of hydrogen-bond donors (Lipinski definition) is 1. The fourth-order valence-electron chi connectivity index (χ4n) is 1.67. The van der Waals surface area contributed by atoms with E-state index in [1.165, 1.54) is 12.1 Å². The summed E-state index contributed by atoms with van der Waals surface area (Å²) in [4.78, 5) is 6.39. The maximum absolute atomic E-state index is 4.19. The summed E-state index contributed by atoms with van der Waals surface area (Å²) in [5.41, 5.74) is 1.26. The Morgan fingerprint density at radius 2 is 2.19 bits per heavy atom. The quantitative estimate of drug-likeness (QED) is 0.713. The van der Waals surface area contributed by atoms with Gasteiger partial charge < -0.3 is 14.8 Å². The maximum atomic E-state index is 4.19. The van der Waals surface area contributed by atoms with Crippen LogP contribution in [0.25, 0.3) is 0 Å². The van der Waals surface area contributed by atoms with Gasteiger partial charge in [0.25, 0.3) is 0 Å². The smallest absolute Gasteiger partial charge is 0.0951 e. The molecule has 0 bridgehead atoms. The molecule has 4 heteroatoms. The average molecular weight is 224 g/mol. The van der Waals surface area contributed by atoms with Crippen LogP contribution in [0.2, 0.25) is 0 Å². The topological polar surface area (TPSA) is 33.1 Å². The van der Waals surface area contributed by atoms with Crippen LogP contribution in [0.15, 0.2) is 12.5 Å². The van der Waals surface area contributed by atoms with Gasteiger partial charge in [-0.25, -0.2) is 4.98 Å². The number of hydrogen-bond acceptors (Lipinski definition) is 3. The number of rotatable bonds is 7. The molecule has 1 aromatic rings. The van der Waals surface area contributed by atoms with Crippen LogP contribution >= 0.6 is 0 Å². The average Bonchev–Trinajstić information content (AvgIpc) is 2.65. The first-order chi connectivity index (χ1) is 7.61. The molecular formula is C12H24N4. The second kappa shape index (κ2) is 6.66. The van der Waals surface area contributed by atoms with E-state index in [2.05, 4.69) is 47.7 Å². The molecule has 1 N–H and O–H groups in total.